The molecule has 0 saturated heterocycles. The average Bonchev–Trinajstić information content (AvgIpc) is 2.79. The molecule has 2 nitrogen and oxygen atoms in total. The number of rotatable bonds is 3. The van der Waals surface area contributed by atoms with E-state index in [1.807, 2.05) is 25.1 Å². The molecule has 0 bridgehead atoms. The lowest BCUT2D eigenvalue weighted by molar-refractivity contribution is 0.460. The van der Waals surface area contributed by atoms with Gasteiger partial charge in [0.15, 0.2) is 0 Å². The van der Waals surface area contributed by atoms with Crippen LogP contribution >= 0.6 is 0 Å². The highest BCUT2D eigenvalue weighted by molar-refractivity contribution is 6.08. The van der Waals surface area contributed by atoms with Crippen molar-refractivity contribution in [2.75, 3.05) is 0 Å². The van der Waals surface area contributed by atoms with E-state index in [1.54, 1.807) is 17.2 Å². The third kappa shape index (κ3) is 4.54. The van der Waals surface area contributed by atoms with Crippen LogP contribution in [0.5, 0.6) is 0 Å². The molecule has 5 rings (SSSR count). The van der Waals surface area contributed by atoms with E-state index in [0.29, 0.717) is 0 Å². The van der Waals surface area contributed by atoms with Crippen molar-refractivity contribution >= 4 is 21.5 Å². The van der Waals surface area contributed by atoms with Crippen molar-refractivity contribution in [1.82, 2.24) is 0 Å². The summed E-state index contributed by atoms with van der Waals surface area (Å²) in [6.07, 6.45) is 11.0. The van der Waals surface area contributed by atoms with Gasteiger partial charge in [-0.25, -0.2) is 4.79 Å². The Labute approximate surface area is 177 Å². The summed E-state index contributed by atoms with van der Waals surface area (Å²) >= 11 is 0. The lowest BCUT2D eigenvalue weighted by Crippen LogP contribution is -2.02. The van der Waals surface area contributed by atoms with Gasteiger partial charge in [0.2, 0.25) is 0 Å². The Morgan fingerprint density at radius 2 is 1.67 bits per heavy atom. The molecule has 0 saturated carbocycles. The molecule has 0 spiro atoms. The van der Waals surface area contributed by atoms with E-state index in [9.17, 15) is 4.79 Å². The van der Waals surface area contributed by atoms with Gasteiger partial charge in [-0.3, -0.25) is 0 Å². The SMILES string of the molecule is CC=CCCc1cccc(=O)o1.c1ccc2c(c1)ccc1c3c(ccc12)CCCC3. The van der Waals surface area contributed by atoms with E-state index in [4.69, 9.17) is 4.42 Å². The summed E-state index contributed by atoms with van der Waals surface area (Å²) < 4.78 is 4.93. The van der Waals surface area contributed by atoms with Gasteiger partial charge in [0.05, 0.1) is 0 Å². The molecular formula is C28H28O2. The van der Waals surface area contributed by atoms with Gasteiger partial charge in [0.1, 0.15) is 5.76 Å². The Bertz CT molecular complexity index is 1230. The second-order valence-corrected chi connectivity index (χ2v) is 7.81. The Morgan fingerprint density at radius 3 is 2.53 bits per heavy atom. The number of allylic oxidation sites excluding steroid dienone is 2. The molecule has 1 aliphatic carbocycles. The third-order valence-electron chi connectivity index (χ3n) is 5.80. The minimum absolute atomic E-state index is 0.270. The van der Waals surface area contributed by atoms with Crippen LogP contribution in [0, 0.1) is 0 Å². The minimum Gasteiger partial charge on any atom is -0.428 e. The van der Waals surface area contributed by atoms with Crippen LogP contribution in [0.2, 0.25) is 0 Å². The van der Waals surface area contributed by atoms with Gasteiger partial charge >= 0.3 is 5.63 Å². The summed E-state index contributed by atoms with van der Waals surface area (Å²) in [4.78, 5) is 10.7. The van der Waals surface area contributed by atoms with E-state index in [2.05, 4.69) is 48.5 Å². The van der Waals surface area contributed by atoms with Crippen LogP contribution in [-0.2, 0) is 19.3 Å². The van der Waals surface area contributed by atoms with Crippen LogP contribution in [0.25, 0.3) is 21.5 Å². The van der Waals surface area contributed by atoms with Gasteiger partial charge in [-0.1, -0.05) is 66.7 Å². The Balaban J connectivity index is 0.000000159. The molecule has 1 aliphatic rings. The predicted molar refractivity (Wildman–Crippen MR) is 126 cm³/mol. The average molecular weight is 397 g/mol. The number of benzene rings is 3. The summed E-state index contributed by atoms with van der Waals surface area (Å²) in [6.45, 7) is 1.97. The summed E-state index contributed by atoms with van der Waals surface area (Å²) in [6, 6.07) is 22.9. The first-order valence-corrected chi connectivity index (χ1v) is 10.9. The fraction of sp³-hybridized carbons (Fsp3) is 0.250. The molecule has 152 valence electrons. The van der Waals surface area contributed by atoms with Gasteiger partial charge in [0.25, 0.3) is 0 Å². The predicted octanol–water partition coefficient (Wildman–Crippen LogP) is 7.02. The van der Waals surface area contributed by atoms with Crippen molar-refractivity contribution in [3.05, 3.63) is 106 Å². The second kappa shape index (κ2) is 9.58. The normalized spacial score (nSPS) is 13.2. The molecule has 0 N–H and O–H groups in total. The Hall–Kier alpha value is -3.13. The zero-order valence-corrected chi connectivity index (χ0v) is 17.6. The maximum absolute atomic E-state index is 10.7. The summed E-state index contributed by atoms with van der Waals surface area (Å²) in [5.41, 5.74) is 2.90. The standard InChI is InChI=1S/C18H16.C10H12O2/c1-3-7-15-13(5-1)9-11-18-16-8-4-2-6-14(16)10-12-17(15)18;1-2-3-4-6-9-7-5-8-10(11)12-9/h1,3,5,7,9-12H,2,4,6,8H2;2-3,5,7-8H,4,6H2,1H3. The van der Waals surface area contributed by atoms with E-state index in [0.717, 1.165) is 18.6 Å². The van der Waals surface area contributed by atoms with E-state index in [-0.39, 0.29) is 5.63 Å². The largest absolute Gasteiger partial charge is 0.428 e. The molecule has 0 atom stereocenters. The van der Waals surface area contributed by atoms with Crippen molar-refractivity contribution in [1.29, 1.82) is 0 Å². The van der Waals surface area contributed by atoms with E-state index >= 15 is 0 Å². The maximum atomic E-state index is 10.7. The van der Waals surface area contributed by atoms with Gasteiger partial charge in [-0.05, 0) is 77.8 Å². The van der Waals surface area contributed by atoms with Crippen molar-refractivity contribution < 1.29 is 4.42 Å². The van der Waals surface area contributed by atoms with Crippen molar-refractivity contribution in [3.8, 4) is 0 Å². The fourth-order valence-corrected chi connectivity index (χ4v) is 4.30. The van der Waals surface area contributed by atoms with Crippen LogP contribution < -0.4 is 5.63 Å². The van der Waals surface area contributed by atoms with Crippen LogP contribution in [0.4, 0.5) is 0 Å². The zero-order valence-electron chi connectivity index (χ0n) is 17.6. The molecule has 0 aliphatic heterocycles. The van der Waals surface area contributed by atoms with Crippen molar-refractivity contribution in [2.24, 2.45) is 0 Å². The molecule has 0 unspecified atom stereocenters. The van der Waals surface area contributed by atoms with Crippen LogP contribution in [0.3, 0.4) is 0 Å². The quantitative estimate of drug-likeness (QED) is 0.275. The molecule has 2 heteroatoms. The first-order valence-electron chi connectivity index (χ1n) is 10.9. The Morgan fingerprint density at radius 1 is 0.833 bits per heavy atom. The lowest BCUT2D eigenvalue weighted by Gasteiger charge is -2.18. The van der Waals surface area contributed by atoms with Gasteiger partial charge in [-0.15, -0.1) is 0 Å². The highest BCUT2D eigenvalue weighted by Gasteiger charge is 2.13. The zero-order chi connectivity index (χ0) is 20.8. The van der Waals surface area contributed by atoms with E-state index in [1.165, 1.54) is 53.3 Å². The topological polar surface area (TPSA) is 30.2 Å². The maximum Gasteiger partial charge on any atom is 0.335 e. The molecule has 1 heterocycles. The molecule has 30 heavy (non-hydrogen) atoms. The van der Waals surface area contributed by atoms with E-state index < -0.39 is 0 Å². The first-order chi connectivity index (χ1) is 14.8. The number of hydrogen-bond acceptors (Lipinski definition) is 2. The molecule has 0 radical (unpaired) electrons. The number of hydrogen-bond donors (Lipinski definition) is 0. The minimum atomic E-state index is -0.270. The Kier molecular flexibility index (Phi) is 6.44. The highest BCUT2D eigenvalue weighted by atomic mass is 16.4. The summed E-state index contributed by atoms with van der Waals surface area (Å²) in [5, 5.41) is 5.64. The lowest BCUT2D eigenvalue weighted by atomic mass is 9.86. The highest BCUT2D eigenvalue weighted by Crippen LogP contribution is 2.33. The van der Waals surface area contributed by atoms with Crippen LogP contribution in [-0.4, -0.2) is 0 Å². The molecule has 1 aromatic heterocycles. The smallest absolute Gasteiger partial charge is 0.335 e. The van der Waals surface area contributed by atoms with Gasteiger partial charge in [-0.2, -0.15) is 0 Å². The molecule has 3 aromatic carbocycles. The van der Waals surface area contributed by atoms with Crippen molar-refractivity contribution in [2.45, 2.75) is 45.4 Å². The third-order valence-corrected chi connectivity index (χ3v) is 5.80. The second-order valence-electron chi connectivity index (χ2n) is 7.81. The summed E-state index contributed by atoms with van der Waals surface area (Å²) in [5.74, 6) is 0.751. The van der Waals surface area contributed by atoms with Crippen LogP contribution in [0.1, 0.15) is 43.1 Å². The summed E-state index contributed by atoms with van der Waals surface area (Å²) in [7, 11) is 0. The first kappa shape index (κ1) is 20.2. The fourth-order valence-electron chi connectivity index (χ4n) is 4.30. The van der Waals surface area contributed by atoms with Gasteiger partial charge < -0.3 is 4.42 Å². The molecular weight excluding hydrogens is 368 g/mol. The number of fused-ring (bicyclic) bond motifs is 5. The van der Waals surface area contributed by atoms with Gasteiger partial charge in [0, 0.05) is 12.5 Å². The number of aryl methyl sites for hydroxylation is 3. The molecule has 4 aromatic rings. The monoisotopic (exact) mass is 396 g/mol. The molecule has 0 fully saturated rings. The van der Waals surface area contributed by atoms with Crippen molar-refractivity contribution in [3.63, 3.8) is 0 Å². The van der Waals surface area contributed by atoms with Crippen LogP contribution in [0.15, 0.2) is 88.1 Å². The molecule has 0 amide bonds.